The Labute approximate surface area is 111 Å². The normalized spacial score (nSPS) is 12.7. The van der Waals surface area contributed by atoms with Crippen molar-refractivity contribution >= 4 is 28.4 Å². The highest BCUT2D eigenvalue weighted by Crippen LogP contribution is 2.40. The van der Waals surface area contributed by atoms with Gasteiger partial charge in [0.1, 0.15) is 0 Å². The van der Waals surface area contributed by atoms with Crippen molar-refractivity contribution in [3.8, 4) is 0 Å². The van der Waals surface area contributed by atoms with Crippen LogP contribution < -0.4 is 0 Å². The van der Waals surface area contributed by atoms with Gasteiger partial charge in [-0.15, -0.1) is 0 Å². The van der Waals surface area contributed by atoms with Crippen LogP contribution in [0, 0.1) is 3.57 Å². The summed E-state index contributed by atoms with van der Waals surface area (Å²) in [5.74, 6) is -1.06. The SMILES string of the molecule is CC(=O)c1c(C(F)(F)F)ccc(C(F)(F)F)c1I. The van der Waals surface area contributed by atoms with E-state index in [4.69, 9.17) is 0 Å². The van der Waals surface area contributed by atoms with Crippen LogP contribution in [0.5, 0.6) is 0 Å². The molecule has 18 heavy (non-hydrogen) atoms. The average Bonchev–Trinajstić information content (AvgIpc) is 2.12. The van der Waals surface area contributed by atoms with E-state index in [1.54, 1.807) is 0 Å². The molecule has 1 aromatic rings. The maximum absolute atomic E-state index is 12.6. The van der Waals surface area contributed by atoms with E-state index >= 15 is 0 Å². The number of hydrogen-bond acceptors (Lipinski definition) is 1. The van der Waals surface area contributed by atoms with Gasteiger partial charge in [0.2, 0.25) is 0 Å². The summed E-state index contributed by atoms with van der Waals surface area (Å²) in [6, 6.07) is 0.610. The van der Waals surface area contributed by atoms with Gasteiger partial charge < -0.3 is 0 Å². The molecule has 8 heteroatoms. The molecule has 100 valence electrons. The zero-order valence-corrected chi connectivity index (χ0v) is 10.9. The molecule has 0 heterocycles. The fourth-order valence-electron chi connectivity index (χ4n) is 1.38. The number of rotatable bonds is 1. The van der Waals surface area contributed by atoms with E-state index < -0.39 is 38.4 Å². The Morgan fingerprint density at radius 2 is 1.39 bits per heavy atom. The van der Waals surface area contributed by atoms with Crippen molar-refractivity contribution in [2.24, 2.45) is 0 Å². The summed E-state index contributed by atoms with van der Waals surface area (Å²) in [6.07, 6.45) is -9.67. The third-order valence-electron chi connectivity index (χ3n) is 2.10. The number of Topliss-reactive ketones (excluding diaryl/α,β-unsaturated/α-hetero) is 1. The molecular weight excluding hydrogens is 377 g/mol. The van der Waals surface area contributed by atoms with Crippen molar-refractivity contribution in [1.82, 2.24) is 0 Å². The molecule has 1 nitrogen and oxygen atoms in total. The van der Waals surface area contributed by atoms with E-state index in [1.165, 1.54) is 0 Å². The van der Waals surface area contributed by atoms with Gasteiger partial charge in [0.15, 0.2) is 5.78 Å². The van der Waals surface area contributed by atoms with E-state index in [0.717, 1.165) is 29.5 Å². The first kappa shape index (κ1) is 15.3. The van der Waals surface area contributed by atoms with Gasteiger partial charge in [-0.2, -0.15) is 26.3 Å². The van der Waals surface area contributed by atoms with Crippen LogP contribution in [-0.2, 0) is 12.4 Å². The molecule has 0 amide bonds. The van der Waals surface area contributed by atoms with Crippen molar-refractivity contribution in [2.45, 2.75) is 19.3 Å². The zero-order chi connectivity index (χ0) is 14.3. The number of ketones is 1. The molecule has 0 bridgehead atoms. The lowest BCUT2D eigenvalue weighted by Crippen LogP contribution is -2.17. The van der Waals surface area contributed by atoms with Crippen molar-refractivity contribution in [1.29, 1.82) is 0 Å². The summed E-state index contributed by atoms with van der Waals surface area (Å²) in [6.45, 7) is 0.799. The maximum atomic E-state index is 12.6. The fourth-order valence-corrected chi connectivity index (χ4v) is 2.53. The second-order valence-corrected chi connectivity index (χ2v) is 4.48. The molecule has 0 aliphatic carbocycles. The average molecular weight is 382 g/mol. The molecule has 1 aromatic carbocycles. The lowest BCUT2D eigenvalue weighted by Gasteiger charge is -2.16. The monoisotopic (exact) mass is 382 g/mol. The molecule has 0 saturated heterocycles. The molecule has 0 atom stereocenters. The summed E-state index contributed by atoms with van der Waals surface area (Å²) in [5, 5.41) is 0. The van der Waals surface area contributed by atoms with Crippen LogP contribution in [0.4, 0.5) is 26.3 Å². The largest absolute Gasteiger partial charge is 0.417 e. The summed E-state index contributed by atoms with van der Waals surface area (Å²) >= 11 is 1.11. The zero-order valence-electron chi connectivity index (χ0n) is 8.71. The molecule has 0 aliphatic heterocycles. The van der Waals surface area contributed by atoms with Gasteiger partial charge in [-0.1, -0.05) is 0 Å². The molecule has 0 spiro atoms. The number of alkyl halides is 6. The van der Waals surface area contributed by atoms with E-state index in [-0.39, 0.29) is 6.07 Å². The Morgan fingerprint density at radius 1 is 1.00 bits per heavy atom. The number of hydrogen-bond donors (Lipinski definition) is 0. The maximum Gasteiger partial charge on any atom is 0.417 e. The van der Waals surface area contributed by atoms with Crippen LogP contribution in [0.1, 0.15) is 28.4 Å². The number of halogens is 7. The summed E-state index contributed by atoms with van der Waals surface area (Å²) in [5.41, 5.74) is -3.55. The first-order chi connectivity index (χ1) is 7.96. The summed E-state index contributed by atoms with van der Waals surface area (Å²) < 4.78 is 74.6. The van der Waals surface area contributed by atoms with Gasteiger partial charge in [0.05, 0.1) is 11.1 Å². The van der Waals surface area contributed by atoms with Crippen molar-refractivity contribution in [3.05, 3.63) is 32.4 Å². The molecule has 0 N–H and O–H groups in total. The first-order valence-corrected chi connectivity index (χ1v) is 5.52. The Morgan fingerprint density at radius 3 is 1.72 bits per heavy atom. The molecule has 0 radical (unpaired) electrons. The predicted octanol–water partition coefficient (Wildman–Crippen LogP) is 4.53. The van der Waals surface area contributed by atoms with Crippen molar-refractivity contribution < 1.29 is 31.1 Å². The van der Waals surface area contributed by atoms with E-state index in [9.17, 15) is 31.1 Å². The summed E-state index contributed by atoms with van der Waals surface area (Å²) in [4.78, 5) is 11.1. The third kappa shape index (κ3) is 2.96. The van der Waals surface area contributed by atoms with Gasteiger partial charge in [-0.25, -0.2) is 0 Å². The molecule has 0 aliphatic rings. The minimum Gasteiger partial charge on any atom is -0.294 e. The van der Waals surface area contributed by atoms with Crippen molar-refractivity contribution in [3.63, 3.8) is 0 Å². The minimum atomic E-state index is -4.87. The van der Waals surface area contributed by atoms with Crippen LogP contribution in [0.2, 0.25) is 0 Å². The van der Waals surface area contributed by atoms with E-state index in [0.29, 0.717) is 6.07 Å². The fraction of sp³-hybridized carbons (Fsp3) is 0.300. The number of benzene rings is 1. The van der Waals surface area contributed by atoms with Crippen LogP contribution in [0.3, 0.4) is 0 Å². The lowest BCUT2D eigenvalue weighted by molar-refractivity contribution is -0.142. The Kier molecular flexibility index (Phi) is 3.99. The topological polar surface area (TPSA) is 17.1 Å². The number of carbonyl (C=O) groups excluding carboxylic acids is 1. The molecule has 0 saturated carbocycles. The quantitative estimate of drug-likeness (QED) is 0.396. The van der Waals surface area contributed by atoms with Gasteiger partial charge in [-0.3, -0.25) is 4.79 Å². The van der Waals surface area contributed by atoms with Crippen LogP contribution in [0.15, 0.2) is 12.1 Å². The third-order valence-corrected chi connectivity index (χ3v) is 3.23. The first-order valence-electron chi connectivity index (χ1n) is 4.44. The highest BCUT2D eigenvalue weighted by Gasteiger charge is 2.40. The highest BCUT2D eigenvalue weighted by molar-refractivity contribution is 14.1. The van der Waals surface area contributed by atoms with Gasteiger partial charge >= 0.3 is 12.4 Å². The van der Waals surface area contributed by atoms with Crippen LogP contribution >= 0.6 is 22.6 Å². The standard InChI is InChI=1S/C10H5F6IO/c1-4(18)7-5(9(11,12)13)2-3-6(8(7)17)10(14,15)16/h2-3H,1H3. The van der Waals surface area contributed by atoms with E-state index in [1.807, 2.05) is 0 Å². The van der Waals surface area contributed by atoms with Gasteiger partial charge in [0.25, 0.3) is 0 Å². The van der Waals surface area contributed by atoms with Crippen LogP contribution in [-0.4, -0.2) is 5.78 Å². The minimum absolute atomic E-state index is 0.279. The van der Waals surface area contributed by atoms with Crippen LogP contribution in [0.25, 0.3) is 0 Å². The second-order valence-electron chi connectivity index (χ2n) is 3.40. The Bertz CT molecular complexity index is 488. The van der Waals surface area contributed by atoms with E-state index in [2.05, 4.69) is 0 Å². The van der Waals surface area contributed by atoms with Gasteiger partial charge in [0, 0.05) is 9.13 Å². The lowest BCUT2D eigenvalue weighted by atomic mass is 10.0. The van der Waals surface area contributed by atoms with Gasteiger partial charge in [-0.05, 0) is 41.6 Å². The Balaban J connectivity index is 3.64. The molecule has 0 unspecified atom stereocenters. The van der Waals surface area contributed by atoms with Crippen molar-refractivity contribution in [2.75, 3.05) is 0 Å². The second kappa shape index (κ2) is 4.71. The molecule has 1 rings (SSSR count). The summed E-state index contributed by atoms with van der Waals surface area (Å²) in [7, 11) is 0. The smallest absolute Gasteiger partial charge is 0.294 e. The number of carbonyl (C=O) groups is 1. The molecule has 0 aromatic heterocycles. The molecule has 0 fully saturated rings. The molecular formula is C10H5F6IO. The Hall–Kier alpha value is -0.800. The highest BCUT2D eigenvalue weighted by atomic mass is 127. The predicted molar refractivity (Wildman–Crippen MR) is 59.2 cm³/mol.